The Balaban J connectivity index is 1.36. The van der Waals surface area contributed by atoms with Crippen molar-refractivity contribution in [3.8, 4) is 5.75 Å². The van der Waals surface area contributed by atoms with Crippen LogP contribution in [0.4, 0.5) is 0 Å². The molecule has 1 N–H and O–H groups in total. The van der Waals surface area contributed by atoms with Crippen LogP contribution in [0.3, 0.4) is 0 Å². The van der Waals surface area contributed by atoms with Gasteiger partial charge in [0.15, 0.2) is 0 Å². The highest BCUT2D eigenvalue weighted by atomic mass is 16.5. The van der Waals surface area contributed by atoms with Crippen LogP contribution in [0.1, 0.15) is 21.5 Å². The Kier molecular flexibility index (Phi) is 7.25. The van der Waals surface area contributed by atoms with Gasteiger partial charge in [0.2, 0.25) is 5.91 Å². The number of hydrogen-bond donors (Lipinski definition) is 1. The van der Waals surface area contributed by atoms with Gasteiger partial charge in [-0.15, -0.1) is 0 Å². The molecule has 6 nitrogen and oxygen atoms in total. The van der Waals surface area contributed by atoms with Gasteiger partial charge < -0.3 is 15.0 Å². The quantitative estimate of drug-likeness (QED) is 0.781. The Morgan fingerprint density at radius 1 is 0.966 bits per heavy atom. The Morgan fingerprint density at radius 2 is 1.69 bits per heavy atom. The van der Waals surface area contributed by atoms with Crippen molar-refractivity contribution in [1.82, 2.24) is 15.1 Å². The summed E-state index contributed by atoms with van der Waals surface area (Å²) in [4.78, 5) is 28.8. The van der Waals surface area contributed by atoms with Gasteiger partial charge in [-0.25, -0.2) is 0 Å². The highest BCUT2D eigenvalue weighted by Crippen LogP contribution is 2.10. The second-order valence-corrected chi connectivity index (χ2v) is 7.37. The number of nitrogens with one attached hydrogen (secondary N) is 1. The topological polar surface area (TPSA) is 61.9 Å². The summed E-state index contributed by atoms with van der Waals surface area (Å²) in [6.07, 6.45) is 0. The van der Waals surface area contributed by atoms with Crippen molar-refractivity contribution in [2.24, 2.45) is 0 Å². The Hall–Kier alpha value is -2.86. The number of amides is 2. The Bertz CT molecular complexity index is 831. The van der Waals surface area contributed by atoms with E-state index in [9.17, 15) is 9.59 Å². The summed E-state index contributed by atoms with van der Waals surface area (Å²) in [6.45, 7) is 8.44. The molecule has 0 radical (unpaired) electrons. The number of rotatable bonds is 7. The molecule has 0 unspecified atom stereocenters. The van der Waals surface area contributed by atoms with Gasteiger partial charge in [0, 0.05) is 38.3 Å². The van der Waals surface area contributed by atoms with Crippen molar-refractivity contribution in [3.05, 3.63) is 65.2 Å². The summed E-state index contributed by atoms with van der Waals surface area (Å²) < 4.78 is 5.74. The molecule has 0 aromatic heterocycles. The molecular formula is C23H29N3O3. The molecule has 0 aliphatic carbocycles. The zero-order valence-electron chi connectivity index (χ0n) is 17.2. The monoisotopic (exact) mass is 395 g/mol. The minimum absolute atomic E-state index is 0.0306. The number of para-hydroxylation sites is 1. The average molecular weight is 396 g/mol. The summed E-state index contributed by atoms with van der Waals surface area (Å²) >= 11 is 0. The molecule has 1 saturated heterocycles. The van der Waals surface area contributed by atoms with Gasteiger partial charge in [-0.1, -0.05) is 24.3 Å². The molecule has 0 saturated carbocycles. The zero-order valence-corrected chi connectivity index (χ0v) is 17.2. The fourth-order valence-electron chi connectivity index (χ4n) is 3.28. The minimum Gasteiger partial charge on any atom is -0.492 e. The van der Waals surface area contributed by atoms with E-state index >= 15 is 0 Å². The van der Waals surface area contributed by atoms with Gasteiger partial charge in [0.05, 0.1) is 6.54 Å². The van der Waals surface area contributed by atoms with Crippen LogP contribution in [-0.2, 0) is 4.79 Å². The lowest BCUT2D eigenvalue weighted by Gasteiger charge is -2.34. The standard InChI is InChI=1S/C23H29N3O3/c1-18-8-9-20(16-19(18)2)23(28)24-17-22(27)26-12-10-25(11-13-26)14-15-29-21-6-4-3-5-7-21/h3-9,16H,10-15,17H2,1-2H3,(H,24,28). The third kappa shape index (κ3) is 6.06. The van der Waals surface area contributed by atoms with Crippen molar-refractivity contribution in [2.75, 3.05) is 45.9 Å². The van der Waals surface area contributed by atoms with Crippen molar-refractivity contribution in [3.63, 3.8) is 0 Å². The maximum Gasteiger partial charge on any atom is 0.251 e. The lowest BCUT2D eigenvalue weighted by molar-refractivity contribution is -0.131. The van der Waals surface area contributed by atoms with Gasteiger partial charge in [0.1, 0.15) is 12.4 Å². The van der Waals surface area contributed by atoms with Crippen molar-refractivity contribution in [2.45, 2.75) is 13.8 Å². The summed E-state index contributed by atoms with van der Waals surface area (Å²) in [5.41, 5.74) is 2.80. The number of ether oxygens (including phenoxy) is 1. The lowest BCUT2D eigenvalue weighted by atomic mass is 10.1. The molecular weight excluding hydrogens is 366 g/mol. The SMILES string of the molecule is Cc1ccc(C(=O)NCC(=O)N2CCN(CCOc3ccccc3)CC2)cc1C. The predicted octanol–water partition coefficient (Wildman–Crippen LogP) is 2.26. The van der Waals surface area contributed by atoms with Gasteiger partial charge in [-0.05, 0) is 49.2 Å². The van der Waals surface area contributed by atoms with Crippen LogP contribution >= 0.6 is 0 Å². The smallest absolute Gasteiger partial charge is 0.251 e. The number of hydrogen-bond acceptors (Lipinski definition) is 4. The molecule has 1 aliphatic rings. The molecule has 29 heavy (non-hydrogen) atoms. The normalized spacial score (nSPS) is 14.5. The van der Waals surface area contributed by atoms with E-state index in [1.54, 1.807) is 6.07 Å². The predicted molar refractivity (Wildman–Crippen MR) is 113 cm³/mol. The van der Waals surface area contributed by atoms with E-state index in [0.717, 1.165) is 36.5 Å². The summed E-state index contributed by atoms with van der Waals surface area (Å²) in [5, 5.41) is 2.74. The highest BCUT2D eigenvalue weighted by molar-refractivity contribution is 5.96. The fourth-order valence-corrected chi connectivity index (χ4v) is 3.28. The van der Waals surface area contributed by atoms with Crippen LogP contribution < -0.4 is 10.1 Å². The Labute approximate surface area is 172 Å². The van der Waals surface area contributed by atoms with E-state index in [1.807, 2.05) is 61.2 Å². The molecule has 6 heteroatoms. The van der Waals surface area contributed by atoms with E-state index in [1.165, 1.54) is 0 Å². The van der Waals surface area contributed by atoms with E-state index in [0.29, 0.717) is 25.3 Å². The third-order valence-electron chi connectivity index (χ3n) is 5.31. The minimum atomic E-state index is -0.210. The first-order chi connectivity index (χ1) is 14.0. The lowest BCUT2D eigenvalue weighted by Crippen LogP contribution is -2.51. The van der Waals surface area contributed by atoms with Gasteiger partial charge >= 0.3 is 0 Å². The molecule has 1 fully saturated rings. The highest BCUT2D eigenvalue weighted by Gasteiger charge is 2.21. The largest absolute Gasteiger partial charge is 0.492 e. The molecule has 0 bridgehead atoms. The van der Waals surface area contributed by atoms with Gasteiger partial charge in [-0.3, -0.25) is 14.5 Å². The van der Waals surface area contributed by atoms with Crippen molar-refractivity contribution >= 4 is 11.8 Å². The molecule has 1 heterocycles. The van der Waals surface area contributed by atoms with E-state index < -0.39 is 0 Å². The van der Waals surface area contributed by atoms with E-state index in [2.05, 4.69) is 10.2 Å². The molecule has 2 amide bonds. The zero-order chi connectivity index (χ0) is 20.6. The van der Waals surface area contributed by atoms with Crippen LogP contribution in [-0.4, -0.2) is 67.5 Å². The molecule has 0 spiro atoms. The molecule has 154 valence electrons. The van der Waals surface area contributed by atoms with Gasteiger partial charge in [0.25, 0.3) is 5.91 Å². The van der Waals surface area contributed by atoms with Gasteiger partial charge in [-0.2, -0.15) is 0 Å². The van der Waals surface area contributed by atoms with E-state index in [4.69, 9.17) is 4.74 Å². The number of nitrogens with zero attached hydrogens (tertiary/aromatic N) is 2. The second kappa shape index (κ2) is 10.1. The van der Waals surface area contributed by atoms with Crippen molar-refractivity contribution < 1.29 is 14.3 Å². The maximum atomic E-state index is 12.4. The number of aryl methyl sites for hydroxylation is 2. The number of benzene rings is 2. The van der Waals surface area contributed by atoms with E-state index in [-0.39, 0.29) is 18.4 Å². The molecule has 2 aromatic carbocycles. The Morgan fingerprint density at radius 3 is 2.38 bits per heavy atom. The molecule has 0 atom stereocenters. The summed E-state index contributed by atoms with van der Waals surface area (Å²) in [6, 6.07) is 15.3. The number of carbonyl (C=O) groups is 2. The number of carbonyl (C=O) groups excluding carboxylic acids is 2. The second-order valence-electron chi connectivity index (χ2n) is 7.37. The number of piperazine rings is 1. The maximum absolute atomic E-state index is 12.4. The van der Waals surface area contributed by atoms with Crippen LogP contribution in [0.5, 0.6) is 5.75 Å². The van der Waals surface area contributed by atoms with Crippen LogP contribution in [0.15, 0.2) is 48.5 Å². The van der Waals surface area contributed by atoms with Crippen molar-refractivity contribution in [1.29, 1.82) is 0 Å². The molecule has 1 aliphatic heterocycles. The first-order valence-corrected chi connectivity index (χ1v) is 10.1. The van der Waals surface area contributed by atoms with Crippen LogP contribution in [0, 0.1) is 13.8 Å². The van der Waals surface area contributed by atoms with Crippen LogP contribution in [0.25, 0.3) is 0 Å². The molecule has 3 rings (SSSR count). The average Bonchev–Trinajstić information content (AvgIpc) is 2.75. The third-order valence-corrected chi connectivity index (χ3v) is 5.31. The fraction of sp³-hybridized carbons (Fsp3) is 0.391. The molecule has 2 aromatic rings. The first kappa shape index (κ1) is 20.9. The van der Waals surface area contributed by atoms with Crippen LogP contribution in [0.2, 0.25) is 0 Å². The summed E-state index contributed by atoms with van der Waals surface area (Å²) in [7, 11) is 0. The summed E-state index contributed by atoms with van der Waals surface area (Å²) in [5.74, 6) is 0.626. The first-order valence-electron chi connectivity index (χ1n) is 10.1.